The van der Waals surface area contributed by atoms with Crippen molar-refractivity contribution in [1.29, 1.82) is 0 Å². The first-order valence-corrected chi connectivity index (χ1v) is 12.1. The highest BCUT2D eigenvalue weighted by atomic mass is 32.2. The van der Waals surface area contributed by atoms with Crippen molar-refractivity contribution in [3.8, 4) is 0 Å². The molecule has 1 aliphatic heterocycles. The van der Waals surface area contributed by atoms with Crippen molar-refractivity contribution in [2.24, 2.45) is 5.41 Å². The Bertz CT molecular complexity index is 821. The number of nitrogens with one attached hydrogen (secondary N) is 1. The van der Waals surface area contributed by atoms with Gasteiger partial charge in [-0.3, -0.25) is 9.88 Å². The quantitative estimate of drug-likeness (QED) is 0.697. The SMILES string of the molecule is Cc1ccc(C(C)(C)N2CCC(CCc3ccc(F)s3)(CNS(C)=O)C2)cn1. The van der Waals surface area contributed by atoms with Crippen molar-refractivity contribution in [2.75, 3.05) is 25.9 Å². The number of halogens is 1. The van der Waals surface area contributed by atoms with Crippen LogP contribution >= 0.6 is 11.3 Å². The van der Waals surface area contributed by atoms with Gasteiger partial charge in [-0.25, -0.2) is 8.93 Å². The molecule has 2 aromatic rings. The van der Waals surface area contributed by atoms with Crippen molar-refractivity contribution in [1.82, 2.24) is 14.6 Å². The monoisotopic (exact) mass is 423 g/mol. The van der Waals surface area contributed by atoms with Gasteiger partial charge >= 0.3 is 0 Å². The first-order valence-electron chi connectivity index (χ1n) is 9.70. The van der Waals surface area contributed by atoms with Gasteiger partial charge < -0.3 is 0 Å². The molecular formula is C21H30FN3OS2. The minimum absolute atomic E-state index is 0.0293. The summed E-state index contributed by atoms with van der Waals surface area (Å²) in [7, 11) is -1.04. The van der Waals surface area contributed by atoms with Gasteiger partial charge in [0.2, 0.25) is 0 Å². The first-order chi connectivity index (χ1) is 13.2. The number of nitrogens with zero attached hydrogens (tertiary/aromatic N) is 2. The molecule has 4 nitrogen and oxygen atoms in total. The summed E-state index contributed by atoms with van der Waals surface area (Å²) in [5, 5.41) is -0.127. The van der Waals surface area contributed by atoms with E-state index in [2.05, 4.69) is 40.6 Å². The third-order valence-electron chi connectivity index (χ3n) is 6.03. The van der Waals surface area contributed by atoms with E-state index in [1.165, 1.54) is 16.9 Å². The Morgan fingerprint density at radius 3 is 2.75 bits per heavy atom. The maximum Gasteiger partial charge on any atom is 0.176 e. The molecule has 0 spiro atoms. The fourth-order valence-corrected chi connectivity index (χ4v) is 5.23. The first kappa shape index (κ1) is 21.6. The van der Waals surface area contributed by atoms with Crippen LogP contribution in [0.1, 0.15) is 42.8 Å². The predicted octanol–water partition coefficient (Wildman–Crippen LogP) is 4.03. The maximum absolute atomic E-state index is 13.4. The minimum Gasteiger partial charge on any atom is -0.293 e. The second-order valence-corrected chi connectivity index (χ2v) is 10.7. The van der Waals surface area contributed by atoms with Gasteiger partial charge in [0, 0.05) is 41.7 Å². The summed E-state index contributed by atoms with van der Waals surface area (Å²) >= 11 is 1.23. The van der Waals surface area contributed by atoms with E-state index < -0.39 is 11.0 Å². The van der Waals surface area contributed by atoms with Gasteiger partial charge in [-0.2, -0.15) is 4.39 Å². The molecule has 1 N–H and O–H groups in total. The van der Waals surface area contributed by atoms with Crippen LogP contribution in [0, 0.1) is 17.5 Å². The van der Waals surface area contributed by atoms with E-state index in [-0.39, 0.29) is 16.1 Å². The van der Waals surface area contributed by atoms with E-state index in [0.29, 0.717) is 6.54 Å². The molecule has 3 rings (SSSR count). The highest BCUT2D eigenvalue weighted by molar-refractivity contribution is 7.82. The Morgan fingerprint density at radius 2 is 2.14 bits per heavy atom. The molecule has 154 valence electrons. The van der Waals surface area contributed by atoms with Crippen molar-refractivity contribution in [2.45, 2.75) is 45.6 Å². The average Bonchev–Trinajstić information content (AvgIpc) is 3.26. The minimum atomic E-state index is -1.04. The highest BCUT2D eigenvalue weighted by Gasteiger charge is 2.43. The lowest BCUT2D eigenvalue weighted by Gasteiger charge is -2.38. The zero-order valence-electron chi connectivity index (χ0n) is 17.1. The molecule has 0 aliphatic carbocycles. The van der Waals surface area contributed by atoms with Crippen LogP contribution in [0.15, 0.2) is 30.5 Å². The molecule has 0 saturated carbocycles. The zero-order valence-corrected chi connectivity index (χ0v) is 18.8. The largest absolute Gasteiger partial charge is 0.293 e. The molecular weight excluding hydrogens is 393 g/mol. The van der Waals surface area contributed by atoms with E-state index in [1.54, 1.807) is 12.3 Å². The molecule has 0 aromatic carbocycles. The summed E-state index contributed by atoms with van der Waals surface area (Å²) in [6, 6.07) is 7.65. The molecule has 0 radical (unpaired) electrons. The molecule has 1 saturated heterocycles. The third kappa shape index (κ3) is 5.06. The van der Waals surface area contributed by atoms with Gasteiger partial charge in [-0.15, -0.1) is 11.3 Å². The van der Waals surface area contributed by atoms with Crippen molar-refractivity contribution in [3.63, 3.8) is 0 Å². The Morgan fingerprint density at radius 1 is 1.36 bits per heavy atom. The predicted molar refractivity (Wildman–Crippen MR) is 115 cm³/mol. The van der Waals surface area contributed by atoms with Crippen molar-refractivity contribution < 1.29 is 8.60 Å². The molecule has 1 fully saturated rings. The Labute approximate surface area is 174 Å². The molecule has 0 amide bonds. The summed E-state index contributed by atoms with van der Waals surface area (Å²) < 4.78 is 28.2. The van der Waals surface area contributed by atoms with E-state index in [1.807, 2.05) is 19.2 Å². The van der Waals surface area contributed by atoms with Crippen LogP contribution in [-0.2, 0) is 22.9 Å². The molecule has 7 heteroatoms. The summed E-state index contributed by atoms with van der Waals surface area (Å²) in [4.78, 5) is 8.06. The number of thiophene rings is 1. The lowest BCUT2D eigenvalue weighted by atomic mass is 9.82. The summed E-state index contributed by atoms with van der Waals surface area (Å²) in [5.74, 6) is 0. The normalized spacial score (nSPS) is 21.9. The number of aromatic nitrogens is 1. The van der Waals surface area contributed by atoms with Crippen LogP contribution in [0.3, 0.4) is 0 Å². The van der Waals surface area contributed by atoms with Crippen LogP contribution in [0.25, 0.3) is 0 Å². The number of rotatable bonds is 8. The fourth-order valence-electron chi connectivity index (χ4n) is 3.99. The van der Waals surface area contributed by atoms with Crippen LogP contribution in [0.2, 0.25) is 0 Å². The van der Waals surface area contributed by atoms with Crippen LogP contribution < -0.4 is 4.72 Å². The standard InChI is InChI=1S/C21H30FN3OS2/c1-16-5-6-17(13-23-16)20(2,3)25-12-11-21(15-25,14-24-28(4)26)10-9-18-7-8-19(22)27-18/h5-8,13,24H,9-12,14-15H2,1-4H3. The lowest BCUT2D eigenvalue weighted by molar-refractivity contribution is 0.128. The molecule has 1 aliphatic rings. The van der Waals surface area contributed by atoms with Crippen LogP contribution in [-0.4, -0.2) is 40.0 Å². The van der Waals surface area contributed by atoms with Crippen molar-refractivity contribution >= 4 is 22.3 Å². The van der Waals surface area contributed by atoms with E-state index in [9.17, 15) is 8.60 Å². The lowest BCUT2D eigenvalue weighted by Crippen LogP contribution is -2.44. The van der Waals surface area contributed by atoms with Gasteiger partial charge in [0.05, 0.1) is 11.0 Å². The van der Waals surface area contributed by atoms with Gasteiger partial charge in [0.25, 0.3) is 0 Å². The zero-order chi connectivity index (χ0) is 20.4. The highest BCUT2D eigenvalue weighted by Crippen LogP contribution is 2.41. The fraction of sp³-hybridized carbons (Fsp3) is 0.571. The maximum atomic E-state index is 13.4. The molecule has 28 heavy (non-hydrogen) atoms. The summed E-state index contributed by atoms with van der Waals surface area (Å²) in [6.45, 7) is 9.11. The Balaban J connectivity index is 1.75. The van der Waals surface area contributed by atoms with Gasteiger partial charge in [0.15, 0.2) is 5.13 Å². The van der Waals surface area contributed by atoms with Crippen LogP contribution in [0.4, 0.5) is 4.39 Å². The summed E-state index contributed by atoms with van der Waals surface area (Å²) in [6.07, 6.45) is 6.50. The average molecular weight is 424 g/mol. The topological polar surface area (TPSA) is 45.2 Å². The number of pyridine rings is 1. The van der Waals surface area contributed by atoms with Crippen LogP contribution in [0.5, 0.6) is 0 Å². The number of aryl methyl sites for hydroxylation is 2. The molecule has 0 bridgehead atoms. The Kier molecular flexibility index (Phi) is 6.69. The van der Waals surface area contributed by atoms with Gasteiger partial charge in [-0.1, -0.05) is 6.07 Å². The molecule has 2 aromatic heterocycles. The van der Waals surface area contributed by atoms with Crippen molar-refractivity contribution in [3.05, 3.63) is 51.7 Å². The summed E-state index contributed by atoms with van der Waals surface area (Å²) in [5.41, 5.74) is 2.14. The number of hydrogen-bond acceptors (Lipinski definition) is 4. The number of likely N-dealkylation sites (tertiary alicyclic amines) is 1. The second kappa shape index (κ2) is 8.69. The van der Waals surface area contributed by atoms with Gasteiger partial charge in [0.1, 0.15) is 0 Å². The Hall–Kier alpha value is -1.15. The van der Waals surface area contributed by atoms with E-state index in [4.69, 9.17) is 0 Å². The molecule has 3 heterocycles. The number of hydrogen-bond donors (Lipinski definition) is 1. The second-order valence-electron chi connectivity index (χ2n) is 8.40. The molecule has 2 atom stereocenters. The third-order valence-corrected chi connectivity index (χ3v) is 7.51. The van der Waals surface area contributed by atoms with Gasteiger partial charge in [-0.05, 0) is 75.8 Å². The van der Waals surface area contributed by atoms with E-state index >= 15 is 0 Å². The smallest absolute Gasteiger partial charge is 0.176 e. The van der Waals surface area contributed by atoms with E-state index in [0.717, 1.165) is 42.9 Å². The molecule has 2 unspecified atom stereocenters.